The lowest BCUT2D eigenvalue weighted by atomic mass is 9.90. The Kier molecular flexibility index (Phi) is 10.1. The van der Waals surface area contributed by atoms with Gasteiger partial charge in [-0.2, -0.15) is 0 Å². The van der Waals surface area contributed by atoms with Gasteiger partial charge in [0.1, 0.15) is 22.7 Å². The zero-order valence-corrected chi connectivity index (χ0v) is 26.7. The maximum Gasteiger partial charge on any atom is 0.294 e. The van der Waals surface area contributed by atoms with E-state index in [1.165, 1.54) is 17.2 Å². The second-order valence-corrected chi connectivity index (χ2v) is 11.5. The molecule has 0 saturated heterocycles. The molecule has 2 aromatic carbocycles. The van der Waals surface area contributed by atoms with Gasteiger partial charge in [0.05, 0.1) is 24.2 Å². The number of hydrogen-bond donors (Lipinski definition) is 2. The summed E-state index contributed by atoms with van der Waals surface area (Å²) in [6, 6.07) is 13.5. The number of fused-ring (bicyclic) bond motifs is 2. The molecule has 3 heterocycles. The lowest BCUT2D eigenvalue weighted by Gasteiger charge is -2.27. The molecule has 0 bridgehead atoms. The summed E-state index contributed by atoms with van der Waals surface area (Å²) < 4.78 is 13.1. The van der Waals surface area contributed by atoms with E-state index in [9.17, 15) is 24.6 Å². The number of aromatic hydroxyl groups is 2. The smallest absolute Gasteiger partial charge is 0.294 e. The molecule has 1 aliphatic rings. The molecular weight excluding hydrogens is 600 g/mol. The number of benzene rings is 2. The summed E-state index contributed by atoms with van der Waals surface area (Å²) in [4.78, 5) is 44.4. The monoisotopic (exact) mass is 638 g/mol. The van der Waals surface area contributed by atoms with Crippen molar-refractivity contribution >= 4 is 46.6 Å². The number of furan rings is 1. The number of amides is 2. The Morgan fingerprint density at radius 1 is 0.933 bits per heavy atom. The van der Waals surface area contributed by atoms with E-state index in [1.807, 2.05) is 19.1 Å². The van der Waals surface area contributed by atoms with Crippen molar-refractivity contribution < 1.29 is 29.0 Å². The molecule has 5 rings (SSSR count). The predicted octanol–water partition coefficient (Wildman–Crippen LogP) is 4.75. The van der Waals surface area contributed by atoms with Crippen molar-refractivity contribution in [3.8, 4) is 17.2 Å². The molecule has 0 spiro atoms. The SMILES string of the molecule is CCN1C(=O)C(C)(C)C(=O)N(C)c2cc(OCCCN(CCn3ccc4ccoc4c3=O)Cc3cc(O)cc(O)c3)ccc21.Cl. The molecule has 4 aromatic rings. The molecule has 0 aliphatic carbocycles. The van der Waals surface area contributed by atoms with Gasteiger partial charge in [0, 0.05) is 63.5 Å². The van der Waals surface area contributed by atoms with Gasteiger partial charge in [0.2, 0.25) is 11.8 Å². The molecule has 0 radical (unpaired) electrons. The van der Waals surface area contributed by atoms with Crippen LogP contribution in [0.15, 0.2) is 70.2 Å². The summed E-state index contributed by atoms with van der Waals surface area (Å²) in [6.45, 7) is 7.95. The fourth-order valence-corrected chi connectivity index (χ4v) is 5.64. The van der Waals surface area contributed by atoms with E-state index >= 15 is 0 Å². The topological polar surface area (TPSA) is 129 Å². The number of ether oxygens (including phenoxy) is 1. The van der Waals surface area contributed by atoms with E-state index in [-0.39, 0.29) is 41.3 Å². The highest BCUT2D eigenvalue weighted by Crippen LogP contribution is 2.40. The van der Waals surface area contributed by atoms with Crippen LogP contribution in [0, 0.1) is 5.41 Å². The van der Waals surface area contributed by atoms with E-state index in [2.05, 4.69) is 4.90 Å². The van der Waals surface area contributed by atoms with E-state index < -0.39 is 5.41 Å². The zero-order valence-electron chi connectivity index (χ0n) is 25.9. The zero-order chi connectivity index (χ0) is 31.6. The van der Waals surface area contributed by atoms with E-state index in [0.29, 0.717) is 68.5 Å². The first-order valence-corrected chi connectivity index (χ1v) is 14.7. The number of carbonyl (C=O) groups excluding carboxylic acids is 2. The quantitative estimate of drug-likeness (QED) is 0.178. The van der Waals surface area contributed by atoms with Crippen molar-refractivity contribution in [3.05, 3.63) is 76.9 Å². The second-order valence-electron chi connectivity index (χ2n) is 11.5. The lowest BCUT2D eigenvalue weighted by Crippen LogP contribution is -2.47. The lowest BCUT2D eigenvalue weighted by molar-refractivity contribution is -0.137. The first-order chi connectivity index (χ1) is 21.0. The van der Waals surface area contributed by atoms with Crippen LogP contribution in [-0.2, 0) is 22.7 Å². The van der Waals surface area contributed by atoms with Gasteiger partial charge in [-0.1, -0.05) is 0 Å². The third kappa shape index (κ3) is 6.94. The van der Waals surface area contributed by atoms with Crippen molar-refractivity contribution in [2.24, 2.45) is 5.41 Å². The Labute approximate surface area is 267 Å². The first kappa shape index (κ1) is 33.4. The molecule has 1 aliphatic heterocycles. The Bertz CT molecular complexity index is 1730. The van der Waals surface area contributed by atoms with E-state index in [4.69, 9.17) is 9.15 Å². The molecule has 2 N–H and O–H groups in total. The normalized spacial score (nSPS) is 14.4. The summed E-state index contributed by atoms with van der Waals surface area (Å²) >= 11 is 0. The minimum atomic E-state index is -1.19. The second kappa shape index (κ2) is 13.7. The minimum Gasteiger partial charge on any atom is -0.508 e. The molecule has 240 valence electrons. The number of hydrogen-bond acceptors (Lipinski definition) is 8. The van der Waals surface area contributed by atoms with Crippen molar-refractivity contribution in [3.63, 3.8) is 0 Å². The number of aromatic nitrogens is 1. The van der Waals surface area contributed by atoms with Crippen LogP contribution in [0.3, 0.4) is 0 Å². The fourth-order valence-electron chi connectivity index (χ4n) is 5.64. The largest absolute Gasteiger partial charge is 0.508 e. The summed E-state index contributed by atoms with van der Waals surface area (Å²) in [7, 11) is 1.67. The van der Waals surface area contributed by atoms with Crippen LogP contribution in [0.5, 0.6) is 17.2 Å². The number of pyridine rings is 1. The van der Waals surface area contributed by atoms with Crippen LogP contribution in [0.1, 0.15) is 32.8 Å². The van der Waals surface area contributed by atoms with E-state index in [1.54, 1.807) is 66.9 Å². The Morgan fingerprint density at radius 3 is 2.38 bits per heavy atom. The molecular formula is C33H39ClN4O7. The van der Waals surface area contributed by atoms with Crippen molar-refractivity contribution in [1.82, 2.24) is 9.47 Å². The molecule has 0 unspecified atom stereocenters. The van der Waals surface area contributed by atoms with Crippen molar-refractivity contribution in [2.75, 3.05) is 43.1 Å². The third-order valence-corrected chi connectivity index (χ3v) is 8.03. The van der Waals surface area contributed by atoms with Gasteiger partial charge in [0.25, 0.3) is 5.56 Å². The summed E-state index contributed by atoms with van der Waals surface area (Å²) in [5.41, 5.74) is 0.925. The maximum atomic E-state index is 13.2. The standard InChI is InChI=1S/C33H38N4O7.ClH/c1-5-37-27-8-7-26(20-28(27)34(4)31(41)33(2,3)32(37)42)43-15-6-11-35(21-22-17-24(38)19-25(39)18-22)13-14-36-12-9-23-10-16-44-29(23)30(36)40;/h7-10,12,16-20,38-39H,5-6,11,13-15,21H2,1-4H3;1H. The minimum absolute atomic E-state index is 0. The Hall–Kier alpha value is -4.48. The van der Waals surface area contributed by atoms with Crippen LogP contribution >= 0.6 is 12.4 Å². The molecule has 45 heavy (non-hydrogen) atoms. The number of phenols is 2. The molecule has 2 aromatic heterocycles. The predicted molar refractivity (Wildman–Crippen MR) is 175 cm³/mol. The number of halogens is 1. The van der Waals surface area contributed by atoms with Crippen LogP contribution in [0.4, 0.5) is 11.4 Å². The molecule has 12 heteroatoms. The number of carbonyl (C=O) groups is 2. The third-order valence-electron chi connectivity index (χ3n) is 8.03. The van der Waals surface area contributed by atoms with Gasteiger partial charge in [0.15, 0.2) is 5.58 Å². The van der Waals surface area contributed by atoms with Gasteiger partial charge in [-0.25, -0.2) is 0 Å². The average Bonchev–Trinajstić information content (AvgIpc) is 3.46. The van der Waals surface area contributed by atoms with Crippen LogP contribution in [0.2, 0.25) is 0 Å². The number of nitrogens with zero attached hydrogens (tertiary/aromatic N) is 4. The van der Waals surface area contributed by atoms with Crippen molar-refractivity contribution in [2.45, 2.75) is 40.3 Å². The van der Waals surface area contributed by atoms with Gasteiger partial charge in [-0.15, -0.1) is 12.4 Å². The van der Waals surface area contributed by atoms with Crippen LogP contribution < -0.4 is 20.1 Å². The van der Waals surface area contributed by atoms with Gasteiger partial charge in [-0.05, 0) is 69.2 Å². The highest BCUT2D eigenvalue weighted by Gasteiger charge is 2.45. The summed E-state index contributed by atoms with van der Waals surface area (Å²) in [5, 5.41) is 20.7. The number of rotatable bonds is 11. The molecule has 0 saturated carbocycles. The fraction of sp³-hybridized carbons (Fsp3) is 0.364. The Morgan fingerprint density at radius 2 is 1.67 bits per heavy atom. The average molecular weight is 639 g/mol. The van der Waals surface area contributed by atoms with E-state index in [0.717, 1.165) is 10.9 Å². The first-order valence-electron chi connectivity index (χ1n) is 14.7. The van der Waals surface area contributed by atoms with Crippen LogP contribution in [0.25, 0.3) is 11.0 Å². The highest BCUT2D eigenvalue weighted by molar-refractivity contribution is 6.20. The summed E-state index contributed by atoms with van der Waals surface area (Å²) in [6.07, 6.45) is 3.88. The van der Waals surface area contributed by atoms with Gasteiger partial charge in [-0.3, -0.25) is 19.3 Å². The molecule has 11 nitrogen and oxygen atoms in total. The number of phenolic OH excluding ortho intramolecular Hbond substituents is 2. The van der Waals surface area contributed by atoms with Crippen LogP contribution in [-0.4, -0.2) is 64.8 Å². The maximum absolute atomic E-state index is 13.2. The Balaban J connectivity index is 0.00000461. The van der Waals surface area contributed by atoms with Crippen molar-refractivity contribution in [1.29, 1.82) is 0 Å². The molecule has 0 fully saturated rings. The summed E-state index contributed by atoms with van der Waals surface area (Å²) in [5.74, 6) is 0.00298. The van der Waals surface area contributed by atoms with Gasteiger partial charge < -0.3 is 33.7 Å². The molecule has 2 amide bonds. The highest BCUT2D eigenvalue weighted by atomic mass is 35.5. The molecule has 0 atom stereocenters. The van der Waals surface area contributed by atoms with Gasteiger partial charge >= 0.3 is 0 Å². The number of anilines is 2.